The molecule has 1 saturated carbocycles. The molecule has 1 N–H and O–H groups in total. The molecule has 30 heavy (non-hydrogen) atoms. The van der Waals surface area contributed by atoms with Crippen molar-refractivity contribution < 1.29 is 9.18 Å². The highest BCUT2D eigenvalue weighted by molar-refractivity contribution is 6.43. The average molecular weight is 450 g/mol. The number of anilines is 1. The van der Waals surface area contributed by atoms with Crippen molar-refractivity contribution in [3.8, 4) is 0 Å². The lowest BCUT2D eigenvalue weighted by Gasteiger charge is -2.33. The molecule has 1 saturated heterocycles. The number of aromatic nitrogens is 1. The van der Waals surface area contributed by atoms with Gasteiger partial charge in [0.15, 0.2) is 0 Å². The summed E-state index contributed by atoms with van der Waals surface area (Å²) < 4.78 is 13.2. The fourth-order valence-electron chi connectivity index (χ4n) is 4.54. The zero-order valence-electron chi connectivity index (χ0n) is 16.8. The SMILES string of the molecule is O=C(c1cnc(Cl)c(Cl)c1NC1CCCCC1)N1CCC(c2ccc(F)cc2)CC1. The molecule has 0 radical (unpaired) electrons. The minimum Gasteiger partial charge on any atom is -0.380 e. The number of halogens is 3. The van der Waals surface area contributed by atoms with Gasteiger partial charge in [0.1, 0.15) is 16.0 Å². The number of carbonyl (C=O) groups excluding carboxylic acids is 1. The molecule has 2 fully saturated rings. The maximum Gasteiger partial charge on any atom is 0.257 e. The lowest BCUT2D eigenvalue weighted by Crippen LogP contribution is -2.38. The summed E-state index contributed by atoms with van der Waals surface area (Å²) in [6, 6.07) is 6.97. The maximum absolute atomic E-state index is 13.3. The molecular weight excluding hydrogens is 424 g/mol. The molecule has 0 spiro atoms. The van der Waals surface area contributed by atoms with Crippen molar-refractivity contribution in [3.05, 3.63) is 57.6 Å². The largest absolute Gasteiger partial charge is 0.380 e. The number of hydrogen-bond acceptors (Lipinski definition) is 3. The summed E-state index contributed by atoms with van der Waals surface area (Å²) in [7, 11) is 0. The third kappa shape index (κ3) is 4.73. The first-order chi connectivity index (χ1) is 14.5. The molecule has 0 atom stereocenters. The van der Waals surface area contributed by atoms with Gasteiger partial charge in [-0.3, -0.25) is 4.79 Å². The Bertz CT molecular complexity index is 892. The molecule has 2 heterocycles. The quantitative estimate of drug-likeness (QED) is 0.557. The van der Waals surface area contributed by atoms with Crippen LogP contribution >= 0.6 is 23.2 Å². The summed E-state index contributed by atoms with van der Waals surface area (Å²) in [4.78, 5) is 19.3. The Hall–Kier alpha value is -1.85. The van der Waals surface area contributed by atoms with Gasteiger partial charge >= 0.3 is 0 Å². The van der Waals surface area contributed by atoms with Crippen LogP contribution < -0.4 is 5.32 Å². The third-order valence-electron chi connectivity index (χ3n) is 6.28. The van der Waals surface area contributed by atoms with Crippen LogP contribution in [-0.4, -0.2) is 34.9 Å². The predicted octanol–water partition coefficient (Wildman–Crippen LogP) is 6.29. The second-order valence-electron chi connectivity index (χ2n) is 8.25. The summed E-state index contributed by atoms with van der Waals surface area (Å²) >= 11 is 12.6. The van der Waals surface area contributed by atoms with E-state index in [0.29, 0.717) is 41.3 Å². The second-order valence-corrected chi connectivity index (χ2v) is 8.98. The Labute approximate surface area is 186 Å². The van der Waals surface area contributed by atoms with Gasteiger partial charge in [0.05, 0.1) is 11.3 Å². The monoisotopic (exact) mass is 449 g/mol. The Morgan fingerprint density at radius 3 is 2.37 bits per heavy atom. The summed E-state index contributed by atoms with van der Waals surface area (Å²) in [6.07, 6.45) is 8.95. The first kappa shape index (κ1) is 21.4. The van der Waals surface area contributed by atoms with E-state index in [1.807, 2.05) is 17.0 Å². The van der Waals surface area contributed by atoms with Crippen LogP contribution in [0.25, 0.3) is 0 Å². The van der Waals surface area contributed by atoms with E-state index >= 15 is 0 Å². The van der Waals surface area contributed by atoms with Crippen molar-refractivity contribution in [1.82, 2.24) is 9.88 Å². The number of amides is 1. The van der Waals surface area contributed by atoms with Crippen LogP contribution in [0, 0.1) is 5.82 Å². The van der Waals surface area contributed by atoms with Crippen LogP contribution in [0.5, 0.6) is 0 Å². The van der Waals surface area contributed by atoms with E-state index in [-0.39, 0.29) is 16.9 Å². The lowest BCUT2D eigenvalue weighted by molar-refractivity contribution is 0.0713. The fraction of sp³-hybridized carbons (Fsp3) is 0.478. The summed E-state index contributed by atoms with van der Waals surface area (Å²) in [5.41, 5.74) is 2.21. The minimum atomic E-state index is -0.225. The Balaban J connectivity index is 1.48. The predicted molar refractivity (Wildman–Crippen MR) is 119 cm³/mol. The van der Waals surface area contributed by atoms with Crippen LogP contribution in [0.1, 0.15) is 66.8 Å². The van der Waals surface area contributed by atoms with E-state index in [2.05, 4.69) is 10.3 Å². The Morgan fingerprint density at radius 1 is 1.03 bits per heavy atom. The molecule has 4 nitrogen and oxygen atoms in total. The van der Waals surface area contributed by atoms with Crippen molar-refractivity contribution in [2.24, 2.45) is 0 Å². The zero-order valence-corrected chi connectivity index (χ0v) is 18.4. The molecule has 1 aromatic heterocycles. The van der Waals surface area contributed by atoms with Crippen molar-refractivity contribution >= 4 is 34.8 Å². The Morgan fingerprint density at radius 2 is 1.70 bits per heavy atom. The number of nitrogens with zero attached hydrogens (tertiary/aromatic N) is 2. The van der Waals surface area contributed by atoms with E-state index in [9.17, 15) is 9.18 Å². The van der Waals surface area contributed by atoms with Gasteiger partial charge in [-0.25, -0.2) is 9.37 Å². The van der Waals surface area contributed by atoms with Gasteiger partial charge in [0.25, 0.3) is 5.91 Å². The van der Waals surface area contributed by atoms with Crippen LogP contribution in [-0.2, 0) is 0 Å². The van der Waals surface area contributed by atoms with Crippen molar-refractivity contribution in [2.75, 3.05) is 18.4 Å². The van der Waals surface area contributed by atoms with Crippen molar-refractivity contribution in [1.29, 1.82) is 0 Å². The van der Waals surface area contributed by atoms with Gasteiger partial charge in [-0.2, -0.15) is 0 Å². The number of likely N-dealkylation sites (tertiary alicyclic amines) is 1. The zero-order chi connectivity index (χ0) is 21.1. The van der Waals surface area contributed by atoms with Gasteiger partial charge in [-0.15, -0.1) is 0 Å². The molecule has 7 heteroatoms. The molecule has 1 aliphatic carbocycles. The van der Waals surface area contributed by atoms with Crippen LogP contribution in [0.15, 0.2) is 30.5 Å². The molecule has 0 bridgehead atoms. The summed E-state index contributed by atoms with van der Waals surface area (Å²) in [5, 5.41) is 4.00. The molecule has 0 unspecified atom stereocenters. The number of rotatable bonds is 4. The summed E-state index contributed by atoms with van der Waals surface area (Å²) in [5.74, 6) is 0.0369. The maximum atomic E-state index is 13.3. The van der Waals surface area contributed by atoms with Gasteiger partial charge < -0.3 is 10.2 Å². The van der Waals surface area contributed by atoms with Gasteiger partial charge in [0.2, 0.25) is 0 Å². The molecule has 2 aromatic rings. The topological polar surface area (TPSA) is 45.2 Å². The van der Waals surface area contributed by atoms with Crippen molar-refractivity contribution in [2.45, 2.75) is 56.9 Å². The van der Waals surface area contributed by atoms with E-state index < -0.39 is 0 Å². The highest BCUT2D eigenvalue weighted by Crippen LogP contribution is 2.35. The molecule has 4 rings (SSSR count). The molecule has 1 aromatic carbocycles. The molecule has 1 amide bonds. The summed E-state index contributed by atoms with van der Waals surface area (Å²) in [6.45, 7) is 1.29. The fourth-order valence-corrected chi connectivity index (χ4v) is 4.89. The smallest absolute Gasteiger partial charge is 0.257 e. The third-order valence-corrected chi connectivity index (χ3v) is 7.04. The standard InChI is InChI=1S/C23H26Cl2FN3O/c24-20-21(28-18-4-2-1-3-5-18)19(14-27-22(20)25)23(30)29-12-10-16(11-13-29)15-6-8-17(26)9-7-15/h6-9,14,16,18H,1-5,10-13H2,(H,27,28). The number of pyridine rings is 1. The molecule has 160 valence electrons. The van der Waals surface area contributed by atoms with Gasteiger partial charge in [0, 0.05) is 25.3 Å². The highest BCUT2D eigenvalue weighted by Gasteiger charge is 2.28. The van der Waals surface area contributed by atoms with Gasteiger partial charge in [-0.05, 0) is 49.3 Å². The van der Waals surface area contributed by atoms with E-state index in [1.54, 1.807) is 0 Å². The molecule has 1 aliphatic heterocycles. The first-order valence-corrected chi connectivity index (χ1v) is 11.4. The highest BCUT2D eigenvalue weighted by atomic mass is 35.5. The second kappa shape index (κ2) is 9.52. The lowest BCUT2D eigenvalue weighted by atomic mass is 9.89. The Kier molecular flexibility index (Phi) is 6.79. The average Bonchev–Trinajstić information content (AvgIpc) is 2.78. The van der Waals surface area contributed by atoms with E-state index in [0.717, 1.165) is 31.2 Å². The van der Waals surface area contributed by atoms with Crippen molar-refractivity contribution in [3.63, 3.8) is 0 Å². The number of benzene rings is 1. The number of nitrogens with one attached hydrogen (secondary N) is 1. The number of hydrogen-bond donors (Lipinski definition) is 1. The first-order valence-electron chi connectivity index (χ1n) is 10.7. The van der Waals surface area contributed by atoms with E-state index in [4.69, 9.17) is 23.2 Å². The van der Waals surface area contributed by atoms with Crippen LogP contribution in [0.2, 0.25) is 10.2 Å². The normalized spacial score (nSPS) is 18.4. The van der Waals surface area contributed by atoms with Crippen LogP contribution in [0.3, 0.4) is 0 Å². The van der Waals surface area contributed by atoms with Crippen LogP contribution in [0.4, 0.5) is 10.1 Å². The minimum absolute atomic E-state index is 0.0723. The molecular formula is C23H26Cl2FN3O. The number of carbonyl (C=O) groups is 1. The van der Waals surface area contributed by atoms with E-state index in [1.165, 1.54) is 37.6 Å². The molecule has 2 aliphatic rings. The number of piperidine rings is 1. The van der Waals surface area contributed by atoms with Gasteiger partial charge in [-0.1, -0.05) is 54.6 Å².